The van der Waals surface area contributed by atoms with Crippen LogP contribution in [0.25, 0.3) is 0 Å². The van der Waals surface area contributed by atoms with Gasteiger partial charge in [-0.2, -0.15) is 0 Å². The van der Waals surface area contributed by atoms with Crippen molar-refractivity contribution < 1.29 is 9.47 Å². The molecule has 0 atom stereocenters. The van der Waals surface area contributed by atoms with Crippen molar-refractivity contribution in [2.75, 3.05) is 19.0 Å². The van der Waals surface area contributed by atoms with Gasteiger partial charge in [0.1, 0.15) is 0 Å². The summed E-state index contributed by atoms with van der Waals surface area (Å²) < 4.78 is 12.3. The molecule has 1 N–H and O–H groups in total. The van der Waals surface area contributed by atoms with Crippen molar-refractivity contribution in [1.29, 1.82) is 0 Å². The highest BCUT2D eigenvalue weighted by molar-refractivity contribution is 6.31. The summed E-state index contributed by atoms with van der Waals surface area (Å²) >= 11 is 6.23. The number of benzene rings is 1. The lowest BCUT2D eigenvalue weighted by Crippen LogP contribution is -2.07. The predicted octanol–water partition coefficient (Wildman–Crippen LogP) is 1.88. The van der Waals surface area contributed by atoms with Gasteiger partial charge < -0.3 is 14.8 Å². The molecule has 20 heavy (non-hydrogen) atoms. The Morgan fingerprint density at radius 3 is 2.75 bits per heavy atom. The summed E-state index contributed by atoms with van der Waals surface area (Å²) in [6, 6.07) is 3.58. The lowest BCUT2D eigenvalue weighted by molar-refractivity contribution is 0.310. The molecule has 0 aliphatic rings. The molecule has 8 heteroatoms. The van der Waals surface area contributed by atoms with Crippen LogP contribution in [0.1, 0.15) is 12.5 Å². The molecule has 7 nitrogen and oxygen atoms in total. The molecule has 0 amide bonds. The number of methoxy groups -OCH3 is 1. The zero-order chi connectivity index (χ0) is 14.5. The Labute approximate surface area is 121 Å². The summed E-state index contributed by atoms with van der Waals surface area (Å²) in [5.74, 6) is 1.84. The number of aromatic nitrogens is 4. The Bertz CT molecular complexity index is 587. The van der Waals surface area contributed by atoms with E-state index < -0.39 is 0 Å². The van der Waals surface area contributed by atoms with Gasteiger partial charge in [-0.05, 0) is 29.0 Å². The number of anilines is 1. The number of ether oxygens (including phenoxy) is 2. The Hall–Kier alpha value is -2.02. The Morgan fingerprint density at radius 1 is 1.35 bits per heavy atom. The standard InChI is InChI=1S/C12H16ClN5O2/c1-4-20-11-5-8(9(13)6-10(11)19-3)7-14-12-15-16-17-18(12)2/h5-6H,4,7H2,1-3H3,(H,14,15,17). The van der Waals surface area contributed by atoms with Gasteiger partial charge in [0.2, 0.25) is 5.95 Å². The first-order valence-electron chi connectivity index (χ1n) is 6.11. The van der Waals surface area contributed by atoms with Crippen LogP contribution < -0.4 is 14.8 Å². The van der Waals surface area contributed by atoms with Crippen LogP contribution in [0, 0.1) is 0 Å². The summed E-state index contributed by atoms with van der Waals surface area (Å²) in [6.45, 7) is 2.95. The van der Waals surface area contributed by atoms with E-state index in [1.165, 1.54) is 0 Å². The van der Waals surface area contributed by atoms with E-state index in [-0.39, 0.29) is 0 Å². The maximum absolute atomic E-state index is 6.23. The maximum atomic E-state index is 6.23. The summed E-state index contributed by atoms with van der Waals surface area (Å²) in [4.78, 5) is 0. The van der Waals surface area contributed by atoms with Crippen LogP contribution in [0.2, 0.25) is 5.02 Å². The zero-order valence-electron chi connectivity index (χ0n) is 11.6. The number of hydrogen-bond acceptors (Lipinski definition) is 6. The second kappa shape index (κ2) is 6.42. The first-order chi connectivity index (χ1) is 9.65. The van der Waals surface area contributed by atoms with Crippen LogP contribution in [-0.2, 0) is 13.6 Å². The third kappa shape index (κ3) is 3.11. The first-order valence-corrected chi connectivity index (χ1v) is 6.49. The van der Waals surface area contributed by atoms with Crippen molar-refractivity contribution in [2.24, 2.45) is 7.05 Å². The average Bonchev–Trinajstić information content (AvgIpc) is 2.84. The van der Waals surface area contributed by atoms with Crippen LogP contribution in [0.4, 0.5) is 5.95 Å². The molecular weight excluding hydrogens is 282 g/mol. The molecule has 0 bridgehead atoms. The van der Waals surface area contributed by atoms with Gasteiger partial charge >= 0.3 is 0 Å². The quantitative estimate of drug-likeness (QED) is 0.877. The topological polar surface area (TPSA) is 74.1 Å². The molecule has 0 aliphatic heterocycles. The number of tetrazole rings is 1. The van der Waals surface area contributed by atoms with E-state index in [4.69, 9.17) is 21.1 Å². The summed E-state index contributed by atoms with van der Waals surface area (Å²) in [5.41, 5.74) is 0.874. The predicted molar refractivity (Wildman–Crippen MR) is 75.3 cm³/mol. The zero-order valence-corrected chi connectivity index (χ0v) is 12.3. The van der Waals surface area contributed by atoms with Crippen molar-refractivity contribution in [1.82, 2.24) is 20.2 Å². The van der Waals surface area contributed by atoms with Crippen molar-refractivity contribution >= 4 is 17.5 Å². The number of nitrogens with one attached hydrogen (secondary N) is 1. The average molecular weight is 298 g/mol. The third-order valence-electron chi connectivity index (χ3n) is 2.69. The molecule has 108 valence electrons. The van der Waals surface area contributed by atoms with E-state index in [0.29, 0.717) is 35.6 Å². The fraction of sp³-hybridized carbons (Fsp3) is 0.417. The van der Waals surface area contributed by atoms with E-state index in [2.05, 4.69) is 20.8 Å². The Kier molecular flexibility index (Phi) is 4.62. The minimum absolute atomic E-state index is 0.483. The van der Waals surface area contributed by atoms with Crippen LogP contribution in [0.3, 0.4) is 0 Å². The van der Waals surface area contributed by atoms with E-state index in [9.17, 15) is 0 Å². The van der Waals surface area contributed by atoms with E-state index >= 15 is 0 Å². The Morgan fingerprint density at radius 2 is 2.15 bits per heavy atom. The minimum atomic E-state index is 0.483. The normalized spacial score (nSPS) is 10.4. The molecule has 0 saturated heterocycles. The fourth-order valence-electron chi connectivity index (χ4n) is 1.69. The maximum Gasteiger partial charge on any atom is 0.242 e. The number of halogens is 1. The third-order valence-corrected chi connectivity index (χ3v) is 3.04. The number of nitrogens with zero attached hydrogens (tertiary/aromatic N) is 4. The second-order valence-corrected chi connectivity index (χ2v) is 4.41. The van der Waals surface area contributed by atoms with Gasteiger partial charge in [0, 0.05) is 24.7 Å². The Balaban J connectivity index is 2.18. The number of aryl methyl sites for hydroxylation is 1. The molecule has 0 aliphatic carbocycles. The van der Waals surface area contributed by atoms with E-state index in [1.54, 1.807) is 24.9 Å². The van der Waals surface area contributed by atoms with Gasteiger partial charge in [0.25, 0.3) is 0 Å². The monoisotopic (exact) mass is 297 g/mol. The second-order valence-electron chi connectivity index (χ2n) is 4.01. The molecule has 0 radical (unpaired) electrons. The van der Waals surface area contributed by atoms with E-state index in [1.807, 2.05) is 13.0 Å². The van der Waals surface area contributed by atoms with Gasteiger partial charge in [-0.15, -0.1) is 0 Å². The van der Waals surface area contributed by atoms with Gasteiger partial charge in [0.05, 0.1) is 13.7 Å². The molecule has 2 aromatic rings. The molecule has 0 saturated carbocycles. The van der Waals surface area contributed by atoms with Crippen molar-refractivity contribution in [3.05, 3.63) is 22.7 Å². The van der Waals surface area contributed by atoms with Crippen LogP contribution in [-0.4, -0.2) is 33.9 Å². The molecular formula is C12H16ClN5O2. The van der Waals surface area contributed by atoms with Gasteiger partial charge in [-0.1, -0.05) is 16.7 Å². The summed E-state index contributed by atoms with van der Waals surface area (Å²) in [6.07, 6.45) is 0. The van der Waals surface area contributed by atoms with Crippen molar-refractivity contribution in [3.8, 4) is 11.5 Å². The minimum Gasteiger partial charge on any atom is -0.493 e. The van der Waals surface area contributed by atoms with Crippen molar-refractivity contribution in [2.45, 2.75) is 13.5 Å². The highest BCUT2D eigenvalue weighted by Crippen LogP contribution is 2.33. The van der Waals surface area contributed by atoms with Gasteiger partial charge in [-0.3, -0.25) is 0 Å². The lowest BCUT2D eigenvalue weighted by atomic mass is 10.2. The number of rotatable bonds is 6. The summed E-state index contributed by atoms with van der Waals surface area (Å²) in [5, 5.41) is 14.8. The first kappa shape index (κ1) is 14.4. The highest BCUT2D eigenvalue weighted by atomic mass is 35.5. The summed E-state index contributed by atoms with van der Waals surface area (Å²) in [7, 11) is 3.33. The molecule has 1 aromatic heterocycles. The SMILES string of the molecule is CCOc1cc(CNc2nnnn2C)c(Cl)cc1OC. The van der Waals surface area contributed by atoms with E-state index in [0.717, 1.165) is 5.56 Å². The smallest absolute Gasteiger partial charge is 0.242 e. The molecule has 1 heterocycles. The van der Waals surface area contributed by atoms with Gasteiger partial charge in [-0.25, -0.2) is 4.68 Å². The fourth-order valence-corrected chi connectivity index (χ4v) is 1.91. The van der Waals surface area contributed by atoms with Crippen LogP contribution in [0.15, 0.2) is 12.1 Å². The molecule has 0 unspecified atom stereocenters. The molecule has 0 spiro atoms. The molecule has 0 fully saturated rings. The number of hydrogen-bond donors (Lipinski definition) is 1. The van der Waals surface area contributed by atoms with Crippen LogP contribution in [0.5, 0.6) is 11.5 Å². The van der Waals surface area contributed by atoms with Crippen molar-refractivity contribution in [3.63, 3.8) is 0 Å². The van der Waals surface area contributed by atoms with Gasteiger partial charge in [0.15, 0.2) is 11.5 Å². The molecule has 1 aromatic carbocycles. The van der Waals surface area contributed by atoms with Crippen LogP contribution >= 0.6 is 11.6 Å². The largest absolute Gasteiger partial charge is 0.493 e. The lowest BCUT2D eigenvalue weighted by Gasteiger charge is -2.13. The highest BCUT2D eigenvalue weighted by Gasteiger charge is 2.11. The molecule has 2 rings (SSSR count).